The standard InChI is InChI=1S/C15H23N3OS/c1-5-7-16-14-12-9-11(6-2)20-15(12)18-13(17-14)8-10(3)19-4/h9-10H,5-8H2,1-4H3,(H,16,17,18). The van der Waals surface area contributed by atoms with Crippen molar-refractivity contribution in [2.45, 2.75) is 46.1 Å². The number of aromatic nitrogens is 2. The van der Waals surface area contributed by atoms with Crippen LogP contribution < -0.4 is 5.32 Å². The first kappa shape index (κ1) is 15.2. The van der Waals surface area contributed by atoms with Crippen LogP contribution in [0.5, 0.6) is 0 Å². The Morgan fingerprint density at radius 3 is 2.80 bits per heavy atom. The summed E-state index contributed by atoms with van der Waals surface area (Å²) in [6.45, 7) is 7.30. The number of thiophene rings is 1. The van der Waals surface area contributed by atoms with Crippen molar-refractivity contribution in [1.82, 2.24) is 9.97 Å². The highest BCUT2D eigenvalue weighted by atomic mass is 32.1. The molecule has 2 aromatic heterocycles. The highest BCUT2D eigenvalue weighted by Crippen LogP contribution is 2.29. The van der Waals surface area contributed by atoms with Gasteiger partial charge < -0.3 is 10.1 Å². The average molecular weight is 293 g/mol. The van der Waals surface area contributed by atoms with Crippen LogP contribution in [0.25, 0.3) is 10.2 Å². The molecule has 5 heteroatoms. The monoisotopic (exact) mass is 293 g/mol. The Hall–Kier alpha value is -1.20. The number of anilines is 1. The van der Waals surface area contributed by atoms with E-state index in [9.17, 15) is 0 Å². The molecule has 1 N–H and O–H groups in total. The molecule has 2 heterocycles. The number of ether oxygens (including phenoxy) is 1. The van der Waals surface area contributed by atoms with Gasteiger partial charge in [-0.1, -0.05) is 13.8 Å². The van der Waals surface area contributed by atoms with Gasteiger partial charge in [0.05, 0.1) is 11.5 Å². The zero-order chi connectivity index (χ0) is 14.5. The number of hydrogen-bond donors (Lipinski definition) is 1. The van der Waals surface area contributed by atoms with Crippen LogP contribution in [-0.4, -0.2) is 29.7 Å². The molecule has 0 bridgehead atoms. The molecule has 0 radical (unpaired) electrons. The van der Waals surface area contributed by atoms with Crippen LogP contribution in [0.15, 0.2) is 6.07 Å². The molecular weight excluding hydrogens is 270 g/mol. The molecule has 20 heavy (non-hydrogen) atoms. The minimum absolute atomic E-state index is 0.136. The predicted octanol–water partition coefficient (Wildman–Crippen LogP) is 3.65. The second-order valence-electron chi connectivity index (χ2n) is 4.95. The molecule has 1 unspecified atom stereocenters. The van der Waals surface area contributed by atoms with Gasteiger partial charge in [0, 0.05) is 25.0 Å². The van der Waals surface area contributed by atoms with Gasteiger partial charge in [-0.3, -0.25) is 0 Å². The Labute approximate surface area is 124 Å². The van der Waals surface area contributed by atoms with E-state index < -0.39 is 0 Å². The summed E-state index contributed by atoms with van der Waals surface area (Å²) in [4.78, 5) is 11.8. The molecular formula is C15H23N3OS. The Morgan fingerprint density at radius 2 is 2.15 bits per heavy atom. The van der Waals surface area contributed by atoms with Crippen molar-refractivity contribution in [2.24, 2.45) is 0 Å². The average Bonchev–Trinajstić information content (AvgIpc) is 2.87. The van der Waals surface area contributed by atoms with E-state index >= 15 is 0 Å². The molecule has 110 valence electrons. The third-order valence-electron chi connectivity index (χ3n) is 3.25. The first-order chi connectivity index (χ1) is 9.67. The zero-order valence-electron chi connectivity index (χ0n) is 12.7. The highest BCUT2D eigenvalue weighted by Gasteiger charge is 2.13. The summed E-state index contributed by atoms with van der Waals surface area (Å²) in [6.07, 6.45) is 3.00. The van der Waals surface area contributed by atoms with Crippen LogP contribution in [0, 0.1) is 0 Å². The van der Waals surface area contributed by atoms with Gasteiger partial charge in [0.15, 0.2) is 0 Å². The SMILES string of the molecule is CCCNc1nc(CC(C)OC)nc2sc(CC)cc12. The maximum Gasteiger partial charge on any atom is 0.138 e. The lowest BCUT2D eigenvalue weighted by Crippen LogP contribution is -2.13. The number of methoxy groups -OCH3 is 1. The molecule has 0 fully saturated rings. The smallest absolute Gasteiger partial charge is 0.138 e. The summed E-state index contributed by atoms with van der Waals surface area (Å²) in [5.41, 5.74) is 0. The summed E-state index contributed by atoms with van der Waals surface area (Å²) in [5, 5.41) is 4.57. The lowest BCUT2D eigenvalue weighted by molar-refractivity contribution is 0.117. The molecule has 0 aliphatic heterocycles. The normalized spacial score (nSPS) is 12.8. The molecule has 2 aromatic rings. The Kier molecular flexibility index (Phi) is 5.31. The van der Waals surface area contributed by atoms with Crippen molar-refractivity contribution in [3.05, 3.63) is 16.8 Å². The van der Waals surface area contributed by atoms with E-state index in [1.165, 1.54) is 4.88 Å². The van der Waals surface area contributed by atoms with Crippen molar-refractivity contribution < 1.29 is 4.74 Å². The Morgan fingerprint density at radius 1 is 1.35 bits per heavy atom. The molecule has 0 amide bonds. The van der Waals surface area contributed by atoms with Gasteiger partial charge in [-0.2, -0.15) is 0 Å². The molecule has 0 aliphatic carbocycles. The molecule has 4 nitrogen and oxygen atoms in total. The predicted molar refractivity (Wildman–Crippen MR) is 85.7 cm³/mol. The van der Waals surface area contributed by atoms with Crippen molar-refractivity contribution in [1.29, 1.82) is 0 Å². The summed E-state index contributed by atoms with van der Waals surface area (Å²) in [5.74, 6) is 1.82. The number of aryl methyl sites for hydroxylation is 1. The number of nitrogens with zero attached hydrogens (tertiary/aromatic N) is 2. The third-order valence-corrected chi connectivity index (χ3v) is 4.43. The molecule has 1 atom stereocenters. The summed E-state index contributed by atoms with van der Waals surface area (Å²) >= 11 is 1.76. The minimum atomic E-state index is 0.136. The van der Waals surface area contributed by atoms with Crippen LogP contribution in [0.1, 0.15) is 37.9 Å². The van der Waals surface area contributed by atoms with Crippen LogP contribution in [-0.2, 0) is 17.6 Å². The van der Waals surface area contributed by atoms with E-state index in [1.54, 1.807) is 18.4 Å². The first-order valence-corrected chi connectivity index (χ1v) is 8.05. The Bertz CT molecular complexity index is 567. The molecule has 0 aliphatic rings. The van der Waals surface area contributed by atoms with Crippen molar-refractivity contribution in [2.75, 3.05) is 19.0 Å². The van der Waals surface area contributed by atoms with Gasteiger partial charge >= 0.3 is 0 Å². The lowest BCUT2D eigenvalue weighted by atomic mass is 10.2. The van der Waals surface area contributed by atoms with Gasteiger partial charge in [0.2, 0.25) is 0 Å². The van der Waals surface area contributed by atoms with Gasteiger partial charge in [-0.05, 0) is 25.8 Å². The van der Waals surface area contributed by atoms with Gasteiger partial charge in [0.1, 0.15) is 16.5 Å². The molecule has 0 aromatic carbocycles. The maximum absolute atomic E-state index is 5.32. The molecule has 0 saturated heterocycles. The van der Waals surface area contributed by atoms with E-state index in [1.807, 2.05) is 6.92 Å². The van der Waals surface area contributed by atoms with E-state index in [-0.39, 0.29) is 6.10 Å². The maximum atomic E-state index is 5.32. The van der Waals surface area contributed by atoms with Gasteiger partial charge in [-0.15, -0.1) is 11.3 Å². The molecule has 0 saturated carbocycles. The fraction of sp³-hybridized carbons (Fsp3) is 0.600. The van der Waals surface area contributed by atoms with Gasteiger partial charge in [0.25, 0.3) is 0 Å². The quantitative estimate of drug-likeness (QED) is 0.846. The van der Waals surface area contributed by atoms with E-state index in [0.717, 1.165) is 47.7 Å². The first-order valence-electron chi connectivity index (χ1n) is 7.23. The minimum Gasteiger partial charge on any atom is -0.381 e. The van der Waals surface area contributed by atoms with Crippen LogP contribution in [0.3, 0.4) is 0 Å². The van der Waals surface area contributed by atoms with E-state index in [0.29, 0.717) is 0 Å². The second kappa shape index (κ2) is 6.99. The van der Waals surface area contributed by atoms with E-state index in [4.69, 9.17) is 4.74 Å². The number of fused-ring (bicyclic) bond motifs is 1. The highest BCUT2D eigenvalue weighted by molar-refractivity contribution is 7.18. The third kappa shape index (κ3) is 3.46. The van der Waals surface area contributed by atoms with Crippen LogP contribution >= 0.6 is 11.3 Å². The summed E-state index contributed by atoms with van der Waals surface area (Å²) < 4.78 is 5.32. The van der Waals surface area contributed by atoms with Crippen molar-refractivity contribution in [3.63, 3.8) is 0 Å². The fourth-order valence-corrected chi connectivity index (χ4v) is 2.99. The largest absolute Gasteiger partial charge is 0.381 e. The fourth-order valence-electron chi connectivity index (χ4n) is 2.00. The zero-order valence-corrected chi connectivity index (χ0v) is 13.5. The Balaban J connectivity index is 2.39. The van der Waals surface area contributed by atoms with Crippen molar-refractivity contribution >= 4 is 27.4 Å². The lowest BCUT2D eigenvalue weighted by Gasteiger charge is -2.10. The number of hydrogen-bond acceptors (Lipinski definition) is 5. The molecule has 2 rings (SSSR count). The number of rotatable bonds is 7. The molecule has 0 spiro atoms. The number of nitrogens with one attached hydrogen (secondary N) is 1. The van der Waals surface area contributed by atoms with Crippen molar-refractivity contribution in [3.8, 4) is 0 Å². The van der Waals surface area contributed by atoms with Gasteiger partial charge in [-0.25, -0.2) is 9.97 Å². The van der Waals surface area contributed by atoms with E-state index in [2.05, 4.69) is 35.2 Å². The summed E-state index contributed by atoms with van der Waals surface area (Å²) in [6, 6.07) is 2.21. The van der Waals surface area contributed by atoms with Crippen LogP contribution in [0.4, 0.5) is 5.82 Å². The topological polar surface area (TPSA) is 47.0 Å². The van der Waals surface area contributed by atoms with Crippen LogP contribution in [0.2, 0.25) is 0 Å². The summed E-state index contributed by atoms with van der Waals surface area (Å²) in [7, 11) is 1.72. The second-order valence-corrected chi connectivity index (χ2v) is 6.07.